The van der Waals surface area contributed by atoms with E-state index in [4.69, 9.17) is 5.73 Å². The summed E-state index contributed by atoms with van der Waals surface area (Å²) < 4.78 is 106. The molecule has 2 aromatic carbocycles. The van der Waals surface area contributed by atoms with E-state index in [0.717, 1.165) is 71.5 Å². The number of alkyl halides is 6. The van der Waals surface area contributed by atoms with Crippen LogP contribution in [0, 0.1) is 11.9 Å². The first-order valence-corrected chi connectivity index (χ1v) is 10.4. The lowest BCUT2D eigenvalue weighted by atomic mass is 10.1. The van der Waals surface area contributed by atoms with Gasteiger partial charge in [0.15, 0.2) is 11.6 Å². The van der Waals surface area contributed by atoms with Crippen molar-refractivity contribution >= 4 is 17.7 Å². The zero-order chi connectivity index (χ0) is 27.8. The van der Waals surface area contributed by atoms with Gasteiger partial charge in [0.2, 0.25) is 11.9 Å². The summed E-state index contributed by atoms with van der Waals surface area (Å²) in [6.45, 7) is 0. The first-order valence-electron chi connectivity index (χ1n) is 10.4. The molecule has 4 aromatic rings. The van der Waals surface area contributed by atoms with E-state index < -0.39 is 52.4 Å². The molecule has 0 unspecified atom stereocenters. The fourth-order valence-electron chi connectivity index (χ4n) is 3.35. The van der Waals surface area contributed by atoms with Crippen molar-refractivity contribution < 1.29 is 39.9 Å². The van der Waals surface area contributed by atoms with Gasteiger partial charge in [-0.05, 0) is 36.4 Å². The minimum absolute atomic E-state index is 0.0569. The molecule has 14 heteroatoms. The summed E-state index contributed by atoms with van der Waals surface area (Å²) in [4.78, 5) is 19.3. The van der Waals surface area contributed by atoms with E-state index in [1.165, 1.54) is 0 Å². The highest BCUT2D eigenvalue weighted by Crippen LogP contribution is 2.33. The second-order valence-electron chi connectivity index (χ2n) is 7.73. The van der Waals surface area contributed by atoms with Crippen LogP contribution in [-0.4, -0.2) is 25.7 Å². The van der Waals surface area contributed by atoms with Crippen LogP contribution in [0.2, 0.25) is 0 Å². The number of carbonyl (C=O) groups is 1. The number of halogens is 8. The molecule has 0 aliphatic carbocycles. The quantitative estimate of drug-likeness (QED) is 0.197. The van der Waals surface area contributed by atoms with Crippen LogP contribution in [0.5, 0.6) is 0 Å². The van der Waals surface area contributed by atoms with E-state index in [1.807, 2.05) is 0 Å². The van der Waals surface area contributed by atoms with Crippen LogP contribution in [0.15, 0.2) is 60.7 Å². The molecule has 0 saturated heterocycles. The number of amides is 1. The molecule has 2 heterocycles. The lowest BCUT2D eigenvalue weighted by molar-refractivity contribution is -0.138. The van der Waals surface area contributed by atoms with E-state index in [-0.39, 0.29) is 22.8 Å². The minimum atomic E-state index is -4.64. The molecule has 196 valence electrons. The highest BCUT2D eigenvalue weighted by atomic mass is 19.4. The molecule has 0 aliphatic heterocycles. The molecule has 2 N–H and O–H groups in total. The fraction of sp³-hybridized carbons (Fsp3) is 0.0833. The average molecular weight is 539 g/mol. The number of primary amides is 1. The van der Waals surface area contributed by atoms with Gasteiger partial charge >= 0.3 is 12.4 Å². The molecule has 0 spiro atoms. The number of benzene rings is 2. The van der Waals surface area contributed by atoms with Crippen molar-refractivity contribution in [3.63, 3.8) is 0 Å². The molecule has 0 saturated carbocycles. The Balaban J connectivity index is 1.89. The maximum atomic E-state index is 14.3. The third-order valence-electron chi connectivity index (χ3n) is 5.19. The van der Waals surface area contributed by atoms with Crippen LogP contribution >= 0.6 is 0 Å². The maximum absolute atomic E-state index is 14.3. The van der Waals surface area contributed by atoms with Crippen molar-refractivity contribution in [2.24, 2.45) is 5.73 Å². The lowest BCUT2D eigenvalue weighted by Gasteiger charge is -2.08. The normalized spacial score (nSPS) is 12.6. The maximum Gasteiger partial charge on any atom is 0.416 e. The first-order chi connectivity index (χ1) is 17.7. The molecule has 1 amide bonds. The standard InChI is InChI=1S/C24H13F8N5O/c25-18-10-9-16(19(26)34-18)17(20(33)38)11-37-22(13-3-7-15(8-4-13)24(30,31)32)35-21(36-37)12-1-5-14(6-2-12)23(27,28)29/h1-11H,(H2,33,38)/b17-11+. The molecule has 0 aliphatic rings. The molecule has 2 aromatic heterocycles. The Morgan fingerprint density at radius 1 is 0.763 bits per heavy atom. The third-order valence-corrected chi connectivity index (χ3v) is 5.19. The summed E-state index contributed by atoms with van der Waals surface area (Å²) in [5, 5.41) is 4.12. The summed E-state index contributed by atoms with van der Waals surface area (Å²) >= 11 is 0. The Morgan fingerprint density at radius 3 is 1.76 bits per heavy atom. The van der Waals surface area contributed by atoms with E-state index in [2.05, 4.69) is 15.1 Å². The second kappa shape index (κ2) is 9.68. The van der Waals surface area contributed by atoms with Crippen molar-refractivity contribution in [1.29, 1.82) is 0 Å². The van der Waals surface area contributed by atoms with Gasteiger partial charge in [0.1, 0.15) is 0 Å². The number of rotatable bonds is 5. The zero-order valence-corrected chi connectivity index (χ0v) is 18.6. The number of nitrogens with two attached hydrogens (primary N) is 1. The van der Waals surface area contributed by atoms with Crippen LogP contribution in [0.3, 0.4) is 0 Å². The van der Waals surface area contributed by atoms with Gasteiger partial charge in [0, 0.05) is 22.9 Å². The van der Waals surface area contributed by atoms with E-state index in [0.29, 0.717) is 0 Å². The molecule has 0 fully saturated rings. The lowest BCUT2D eigenvalue weighted by Crippen LogP contribution is -2.15. The van der Waals surface area contributed by atoms with Gasteiger partial charge in [-0.25, -0.2) is 9.67 Å². The predicted molar refractivity (Wildman–Crippen MR) is 118 cm³/mol. The minimum Gasteiger partial charge on any atom is -0.366 e. The van der Waals surface area contributed by atoms with Crippen LogP contribution in [-0.2, 0) is 17.1 Å². The van der Waals surface area contributed by atoms with Gasteiger partial charge in [-0.1, -0.05) is 24.3 Å². The van der Waals surface area contributed by atoms with E-state index in [9.17, 15) is 39.9 Å². The highest BCUT2D eigenvalue weighted by molar-refractivity contribution is 6.22. The molecule has 38 heavy (non-hydrogen) atoms. The van der Waals surface area contributed by atoms with Crippen molar-refractivity contribution in [2.45, 2.75) is 12.4 Å². The molecule has 0 radical (unpaired) electrons. The molecular formula is C24H13F8N5O. The predicted octanol–water partition coefficient (Wildman–Crippen LogP) is 5.81. The van der Waals surface area contributed by atoms with E-state index >= 15 is 0 Å². The number of carbonyl (C=O) groups excluding carboxylic acids is 1. The van der Waals surface area contributed by atoms with Gasteiger partial charge in [0.25, 0.3) is 5.91 Å². The Labute approximate surface area is 208 Å². The SMILES string of the molecule is NC(=O)/C(=C/n1nc(-c2ccc(C(F)(F)F)cc2)nc1-c1ccc(C(F)(F)F)cc1)c1ccc(F)nc1F. The zero-order valence-electron chi connectivity index (χ0n) is 18.6. The summed E-state index contributed by atoms with van der Waals surface area (Å²) in [5.74, 6) is -4.09. The topological polar surface area (TPSA) is 86.7 Å². The summed E-state index contributed by atoms with van der Waals surface area (Å²) in [6, 6.07) is 8.97. The number of aromatic nitrogens is 4. The number of hydrogen-bond donors (Lipinski definition) is 1. The second-order valence-corrected chi connectivity index (χ2v) is 7.73. The molecule has 0 atom stereocenters. The smallest absolute Gasteiger partial charge is 0.366 e. The molecular weight excluding hydrogens is 526 g/mol. The van der Waals surface area contributed by atoms with Crippen LogP contribution in [0.1, 0.15) is 16.7 Å². The van der Waals surface area contributed by atoms with Gasteiger partial charge in [-0.3, -0.25) is 4.79 Å². The monoisotopic (exact) mass is 539 g/mol. The van der Waals surface area contributed by atoms with Crippen molar-refractivity contribution in [3.05, 3.63) is 89.2 Å². The number of nitrogens with zero attached hydrogens (tertiary/aromatic N) is 4. The van der Waals surface area contributed by atoms with Gasteiger partial charge in [0.05, 0.1) is 16.7 Å². The summed E-state index contributed by atoms with van der Waals surface area (Å²) in [5.41, 5.74) is 2.54. The molecule has 4 rings (SSSR count). The van der Waals surface area contributed by atoms with Crippen LogP contribution < -0.4 is 5.73 Å². The Kier molecular flexibility index (Phi) is 6.74. The Morgan fingerprint density at radius 2 is 1.29 bits per heavy atom. The van der Waals surface area contributed by atoms with E-state index in [1.54, 1.807) is 0 Å². The largest absolute Gasteiger partial charge is 0.416 e. The van der Waals surface area contributed by atoms with Crippen LogP contribution in [0.25, 0.3) is 34.5 Å². The number of pyridine rings is 1. The average Bonchev–Trinajstić information content (AvgIpc) is 3.26. The highest BCUT2D eigenvalue weighted by Gasteiger charge is 2.31. The Hall–Kier alpha value is -4.62. The van der Waals surface area contributed by atoms with Gasteiger partial charge in [-0.15, -0.1) is 5.10 Å². The molecule has 0 bridgehead atoms. The molecule has 6 nitrogen and oxygen atoms in total. The van der Waals surface area contributed by atoms with Crippen molar-refractivity contribution in [3.8, 4) is 22.8 Å². The third kappa shape index (κ3) is 5.53. The summed E-state index contributed by atoms with van der Waals surface area (Å²) in [7, 11) is 0. The summed E-state index contributed by atoms with van der Waals surface area (Å²) in [6.07, 6.45) is -8.35. The van der Waals surface area contributed by atoms with Gasteiger partial charge in [-0.2, -0.15) is 40.1 Å². The van der Waals surface area contributed by atoms with Crippen LogP contribution in [0.4, 0.5) is 35.1 Å². The number of hydrogen-bond acceptors (Lipinski definition) is 4. The fourth-order valence-corrected chi connectivity index (χ4v) is 3.35. The Bertz CT molecular complexity index is 1520. The first kappa shape index (κ1) is 26.4. The van der Waals surface area contributed by atoms with Crippen molar-refractivity contribution in [1.82, 2.24) is 19.7 Å². The van der Waals surface area contributed by atoms with Crippen molar-refractivity contribution in [2.75, 3.05) is 0 Å². The van der Waals surface area contributed by atoms with Gasteiger partial charge < -0.3 is 5.73 Å².